The summed E-state index contributed by atoms with van der Waals surface area (Å²) >= 11 is 0. The van der Waals surface area contributed by atoms with E-state index in [0.717, 1.165) is 19.6 Å². The zero-order chi connectivity index (χ0) is 13.7. The quantitative estimate of drug-likeness (QED) is 0.882. The Morgan fingerprint density at radius 1 is 1.26 bits per heavy atom. The average molecular weight is 260 g/mol. The Kier molecular flexibility index (Phi) is 4.97. The molecule has 0 aromatic heterocycles. The summed E-state index contributed by atoms with van der Waals surface area (Å²) in [6.45, 7) is 7.00. The summed E-state index contributed by atoms with van der Waals surface area (Å²) in [5, 5.41) is 3.04. The van der Waals surface area contributed by atoms with Crippen LogP contribution in [-0.4, -0.2) is 30.4 Å². The summed E-state index contributed by atoms with van der Waals surface area (Å²) in [6, 6.07) is 9.01. The molecule has 3 heteroatoms. The predicted octanol–water partition coefficient (Wildman–Crippen LogP) is 2.66. The van der Waals surface area contributed by atoms with Gasteiger partial charge in [0, 0.05) is 13.0 Å². The summed E-state index contributed by atoms with van der Waals surface area (Å²) in [6.07, 6.45) is 3.09. The molecule has 1 saturated heterocycles. The molecule has 1 heterocycles. The molecule has 1 N–H and O–H groups in total. The lowest BCUT2D eigenvalue weighted by atomic mass is 10.0. The van der Waals surface area contributed by atoms with Gasteiger partial charge in [-0.15, -0.1) is 0 Å². The average Bonchev–Trinajstić information content (AvgIpc) is 2.94. The minimum atomic E-state index is 0.135. The van der Waals surface area contributed by atoms with Crippen LogP contribution in [0.4, 0.5) is 0 Å². The van der Waals surface area contributed by atoms with Gasteiger partial charge in [-0.25, -0.2) is 0 Å². The third-order valence-electron chi connectivity index (χ3n) is 3.86. The zero-order valence-corrected chi connectivity index (χ0v) is 12.0. The number of nitrogens with zero attached hydrogens (tertiary/aromatic N) is 1. The van der Waals surface area contributed by atoms with E-state index in [1.54, 1.807) is 0 Å². The molecule has 1 fully saturated rings. The lowest BCUT2D eigenvalue weighted by Crippen LogP contribution is -2.36. The Morgan fingerprint density at radius 2 is 1.89 bits per heavy atom. The van der Waals surface area contributed by atoms with E-state index in [9.17, 15) is 4.79 Å². The summed E-state index contributed by atoms with van der Waals surface area (Å²) in [4.78, 5) is 14.0. The summed E-state index contributed by atoms with van der Waals surface area (Å²) < 4.78 is 0. The maximum atomic E-state index is 11.5. The molecule has 1 aromatic rings. The van der Waals surface area contributed by atoms with E-state index in [1.807, 2.05) is 6.92 Å². The highest BCUT2D eigenvalue weighted by Crippen LogP contribution is 2.24. The zero-order valence-electron chi connectivity index (χ0n) is 12.0. The molecule has 0 radical (unpaired) electrons. The molecule has 3 nitrogen and oxygen atoms in total. The molecule has 19 heavy (non-hydrogen) atoms. The van der Waals surface area contributed by atoms with Gasteiger partial charge in [-0.2, -0.15) is 0 Å². The highest BCUT2D eigenvalue weighted by atomic mass is 16.1. The van der Waals surface area contributed by atoms with Crippen molar-refractivity contribution in [3.8, 4) is 0 Å². The maximum Gasteiger partial charge on any atom is 0.219 e. The van der Waals surface area contributed by atoms with Crippen LogP contribution >= 0.6 is 0 Å². The van der Waals surface area contributed by atoms with Crippen molar-refractivity contribution in [1.82, 2.24) is 10.2 Å². The first-order valence-corrected chi connectivity index (χ1v) is 7.28. The van der Waals surface area contributed by atoms with Gasteiger partial charge in [-0.3, -0.25) is 9.69 Å². The Hall–Kier alpha value is -1.35. The van der Waals surface area contributed by atoms with Crippen LogP contribution in [0.3, 0.4) is 0 Å². The molecule has 1 amide bonds. The van der Waals surface area contributed by atoms with Crippen LogP contribution in [0.2, 0.25) is 0 Å². The largest absolute Gasteiger partial charge is 0.354 e. The van der Waals surface area contributed by atoms with Gasteiger partial charge in [-0.1, -0.05) is 36.8 Å². The van der Waals surface area contributed by atoms with Crippen molar-refractivity contribution in [3.05, 3.63) is 35.4 Å². The van der Waals surface area contributed by atoms with Gasteiger partial charge in [0.15, 0.2) is 0 Å². The van der Waals surface area contributed by atoms with Crippen LogP contribution in [0.25, 0.3) is 0 Å². The smallest absolute Gasteiger partial charge is 0.219 e. The third kappa shape index (κ3) is 3.80. The molecule has 104 valence electrons. The molecule has 0 bridgehead atoms. The third-order valence-corrected chi connectivity index (χ3v) is 3.86. The van der Waals surface area contributed by atoms with Crippen LogP contribution in [0, 0.1) is 6.92 Å². The molecule has 0 aliphatic carbocycles. The molecule has 1 aliphatic rings. The maximum absolute atomic E-state index is 11.5. The molecular formula is C16H24N2O. The van der Waals surface area contributed by atoms with Gasteiger partial charge in [0.25, 0.3) is 0 Å². The lowest BCUT2D eigenvalue weighted by molar-refractivity contribution is -0.121. The monoisotopic (exact) mass is 260 g/mol. The van der Waals surface area contributed by atoms with Gasteiger partial charge in [0.2, 0.25) is 5.91 Å². The normalized spacial score (nSPS) is 17.4. The van der Waals surface area contributed by atoms with Crippen LogP contribution in [0.5, 0.6) is 0 Å². The molecule has 2 rings (SSSR count). The van der Waals surface area contributed by atoms with E-state index in [2.05, 4.69) is 41.4 Å². The SMILES string of the molecule is CCC(=O)NCC(c1ccc(C)cc1)N1CCCC1. The van der Waals surface area contributed by atoms with Gasteiger partial charge < -0.3 is 5.32 Å². The fourth-order valence-corrected chi connectivity index (χ4v) is 2.64. The second kappa shape index (κ2) is 6.71. The molecule has 0 spiro atoms. The fourth-order valence-electron chi connectivity index (χ4n) is 2.64. The Morgan fingerprint density at radius 3 is 2.47 bits per heavy atom. The van der Waals surface area contributed by atoms with Crippen molar-refractivity contribution in [2.24, 2.45) is 0 Å². The van der Waals surface area contributed by atoms with E-state index in [4.69, 9.17) is 0 Å². The van der Waals surface area contributed by atoms with E-state index in [1.165, 1.54) is 24.0 Å². The van der Waals surface area contributed by atoms with Crippen molar-refractivity contribution in [2.75, 3.05) is 19.6 Å². The Bertz CT molecular complexity index is 407. The minimum Gasteiger partial charge on any atom is -0.354 e. The first kappa shape index (κ1) is 14.1. The number of hydrogen-bond donors (Lipinski definition) is 1. The summed E-state index contributed by atoms with van der Waals surface area (Å²) in [5.74, 6) is 0.135. The van der Waals surface area contributed by atoms with Crippen LogP contribution in [0.15, 0.2) is 24.3 Å². The second-order valence-electron chi connectivity index (χ2n) is 5.33. The van der Waals surface area contributed by atoms with E-state index < -0.39 is 0 Å². The van der Waals surface area contributed by atoms with Gasteiger partial charge >= 0.3 is 0 Å². The molecular weight excluding hydrogens is 236 g/mol. The van der Waals surface area contributed by atoms with Crippen LogP contribution < -0.4 is 5.32 Å². The van der Waals surface area contributed by atoms with E-state index in [0.29, 0.717) is 12.5 Å². The minimum absolute atomic E-state index is 0.135. The first-order chi connectivity index (χ1) is 9.20. The highest BCUT2D eigenvalue weighted by Gasteiger charge is 2.23. The number of hydrogen-bond acceptors (Lipinski definition) is 2. The number of carbonyl (C=O) groups is 1. The van der Waals surface area contributed by atoms with Crippen molar-refractivity contribution in [1.29, 1.82) is 0 Å². The number of nitrogens with one attached hydrogen (secondary N) is 1. The van der Waals surface area contributed by atoms with Gasteiger partial charge in [0.1, 0.15) is 0 Å². The number of benzene rings is 1. The molecule has 1 aromatic carbocycles. The predicted molar refractivity (Wildman–Crippen MR) is 78.0 cm³/mol. The Labute approximate surface area is 116 Å². The van der Waals surface area contributed by atoms with Crippen molar-refractivity contribution in [2.45, 2.75) is 39.2 Å². The van der Waals surface area contributed by atoms with Crippen LogP contribution in [-0.2, 0) is 4.79 Å². The number of rotatable bonds is 5. The molecule has 0 saturated carbocycles. The van der Waals surface area contributed by atoms with E-state index in [-0.39, 0.29) is 5.91 Å². The number of aryl methyl sites for hydroxylation is 1. The van der Waals surface area contributed by atoms with Gasteiger partial charge in [0.05, 0.1) is 6.04 Å². The number of amides is 1. The topological polar surface area (TPSA) is 32.3 Å². The van der Waals surface area contributed by atoms with Gasteiger partial charge in [-0.05, 0) is 38.4 Å². The molecule has 1 unspecified atom stereocenters. The summed E-state index contributed by atoms with van der Waals surface area (Å²) in [5.41, 5.74) is 2.59. The van der Waals surface area contributed by atoms with E-state index >= 15 is 0 Å². The van der Waals surface area contributed by atoms with Crippen LogP contribution in [0.1, 0.15) is 43.4 Å². The second-order valence-corrected chi connectivity index (χ2v) is 5.33. The number of likely N-dealkylation sites (tertiary alicyclic amines) is 1. The van der Waals surface area contributed by atoms with Crippen molar-refractivity contribution >= 4 is 5.91 Å². The standard InChI is InChI=1S/C16H24N2O/c1-3-16(19)17-12-15(18-10-4-5-11-18)14-8-6-13(2)7-9-14/h6-9,15H,3-5,10-12H2,1-2H3,(H,17,19). The fraction of sp³-hybridized carbons (Fsp3) is 0.562. The van der Waals surface area contributed by atoms with Crippen molar-refractivity contribution < 1.29 is 4.79 Å². The number of carbonyl (C=O) groups excluding carboxylic acids is 1. The molecule has 1 aliphatic heterocycles. The highest BCUT2D eigenvalue weighted by molar-refractivity contribution is 5.75. The summed E-state index contributed by atoms with van der Waals surface area (Å²) in [7, 11) is 0. The molecule has 1 atom stereocenters. The lowest BCUT2D eigenvalue weighted by Gasteiger charge is -2.28. The first-order valence-electron chi connectivity index (χ1n) is 7.28. The van der Waals surface area contributed by atoms with Crippen molar-refractivity contribution in [3.63, 3.8) is 0 Å². The Balaban J connectivity index is 2.08.